The van der Waals surface area contributed by atoms with Gasteiger partial charge in [0.05, 0.1) is 16.9 Å². The van der Waals surface area contributed by atoms with Crippen molar-refractivity contribution in [2.75, 3.05) is 0 Å². The van der Waals surface area contributed by atoms with E-state index in [1.165, 1.54) is 43.1 Å². The molecule has 0 fully saturated rings. The normalized spacial score (nSPS) is 15.9. The van der Waals surface area contributed by atoms with E-state index in [-0.39, 0.29) is 33.7 Å². The molecule has 0 bridgehead atoms. The van der Waals surface area contributed by atoms with Gasteiger partial charge in [-0.15, -0.1) is 0 Å². The predicted octanol–water partition coefficient (Wildman–Crippen LogP) is 5.22. The average Bonchev–Trinajstić information content (AvgIpc) is 3.34. The Bertz CT molecular complexity index is 1440. The third-order valence-corrected chi connectivity index (χ3v) is 5.98. The summed E-state index contributed by atoms with van der Waals surface area (Å²) in [7, 11) is 0. The van der Waals surface area contributed by atoms with Gasteiger partial charge in [0.1, 0.15) is 17.2 Å². The highest BCUT2D eigenvalue weighted by Crippen LogP contribution is 2.37. The number of aliphatic hydroxyl groups is 1. The van der Waals surface area contributed by atoms with Crippen molar-refractivity contribution in [3.8, 4) is 11.1 Å². The molecule has 4 rings (SSSR count). The van der Waals surface area contributed by atoms with Crippen LogP contribution >= 0.6 is 0 Å². The number of halogens is 3. The Morgan fingerprint density at radius 2 is 1.92 bits per heavy atom. The van der Waals surface area contributed by atoms with Gasteiger partial charge in [0.15, 0.2) is 5.82 Å². The summed E-state index contributed by atoms with van der Waals surface area (Å²) in [5.74, 6) is -0.540. The zero-order chi connectivity index (χ0) is 26.4. The summed E-state index contributed by atoms with van der Waals surface area (Å²) in [4.78, 5) is 21.3. The molecule has 0 spiro atoms. The largest absolute Gasteiger partial charge is 0.434 e. The van der Waals surface area contributed by atoms with E-state index in [1.807, 2.05) is 13.8 Å². The van der Waals surface area contributed by atoms with Crippen LogP contribution in [0.15, 0.2) is 65.0 Å². The van der Waals surface area contributed by atoms with Crippen molar-refractivity contribution in [1.29, 1.82) is 0 Å². The van der Waals surface area contributed by atoms with Crippen LogP contribution in [0.5, 0.6) is 0 Å². The first kappa shape index (κ1) is 25.4. The average molecular weight is 501 g/mol. The zero-order valence-electron chi connectivity index (χ0n) is 20.4. The number of nitrogens with zero attached hydrogens (tertiary/aromatic N) is 4. The molecule has 3 heterocycles. The van der Waals surface area contributed by atoms with Crippen LogP contribution in [0.2, 0.25) is 0 Å². The van der Waals surface area contributed by atoms with Gasteiger partial charge in [-0.05, 0) is 52.3 Å². The summed E-state index contributed by atoms with van der Waals surface area (Å²) >= 11 is 0. The quantitative estimate of drug-likeness (QED) is 0.356. The lowest BCUT2D eigenvalue weighted by Crippen LogP contribution is -2.19. The van der Waals surface area contributed by atoms with Crippen LogP contribution < -0.4 is 5.56 Å². The van der Waals surface area contributed by atoms with E-state index in [2.05, 4.69) is 16.5 Å². The molecule has 0 aliphatic carbocycles. The van der Waals surface area contributed by atoms with Crippen molar-refractivity contribution in [1.82, 2.24) is 19.3 Å². The van der Waals surface area contributed by atoms with Crippen LogP contribution in [-0.2, 0) is 16.9 Å². The Morgan fingerprint density at radius 3 is 2.50 bits per heavy atom. The Balaban J connectivity index is 1.82. The van der Waals surface area contributed by atoms with E-state index in [9.17, 15) is 18.7 Å². The SMILES string of the molecule is C=C(/C(=C\C=C(C)C)OC(F)F)[C@@H]1CCn2c(=O)c3cc(F)c(-c4cnc(C(C)(C)O)nc4)cc3n21. The fraction of sp³-hybridized carbons (Fsp3) is 0.346. The van der Waals surface area contributed by atoms with E-state index in [0.29, 0.717) is 24.0 Å². The third kappa shape index (κ3) is 4.73. The molecule has 10 heteroatoms. The molecule has 0 saturated heterocycles. The van der Waals surface area contributed by atoms with Crippen LogP contribution in [0.4, 0.5) is 13.2 Å². The highest BCUT2D eigenvalue weighted by Gasteiger charge is 2.32. The molecule has 1 aromatic carbocycles. The molecule has 0 saturated carbocycles. The second-order valence-corrected chi connectivity index (χ2v) is 9.46. The monoisotopic (exact) mass is 500 g/mol. The minimum absolute atomic E-state index is 0.0862. The first-order valence-electron chi connectivity index (χ1n) is 11.4. The second-order valence-electron chi connectivity index (χ2n) is 9.46. The summed E-state index contributed by atoms with van der Waals surface area (Å²) in [6.07, 6.45) is 6.30. The minimum atomic E-state index is -3.05. The lowest BCUT2D eigenvalue weighted by molar-refractivity contribution is -0.0940. The molecular formula is C26H27F3N4O3. The second kappa shape index (κ2) is 9.42. The molecule has 1 N–H and O–H groups in total. The Hall–Kier alpha value is -3.66. The van der Waals surface area contributed by atoms with Crippen LogP contribution in [0, 0.1) is 5.82 Å². The molecule has 1 atom stereocenters. The molecule has 190 valence electrons. The van der Waals surface area contributed by atoms with E-state index in [1.54, 1.807) is 10.8 Å². The first-order valence-corrected chi connectivity index (χ1v) is 11.4. The highest BCUT2D eigenvalue weighted by atomic mass is 19.3. The molecule has 0 unspecified atom stereocenters. The van der Waals surface area contributed by atoms with Gasteiger partial charge < -0.3 is 9.84 Å². The van der Waals surface area contributed by atoms with Gasteiger partial charge in [-0.2, -0.15) is 8.78 Å². The first-order chi connectivity index (χ1) is 16.9. The van der Waals surface area contributed by atoms with E-state index < -0.39 is 24.1 Å². The fourth-order valence-corrected chi connectivity index (χ4v) is 4.25. The molecule has 0 amide bonds. The number of benzene rings is 1. The number of hydrogen-bond acceptors (Lipinski definition) is 5. The van der Waals surface area contributed by atoms with Crippen LogP contribution in [0.25, 0.3) is 22.0 Å². The molecule has 1 aliphatic rings. The van der Waals surface area contributed by atoms with Crippen molar-refractivity contribution in [3.05, 3.63) is 82.2 Å². The van der Waals surface area contributed by atoms with E-state index >= 15 is 4.39 Å². The van der Waals surface area contributed by atoms with Crippen molar-refractivity contribution < 1.29 is 23.0 Å². The van der Waals surface area contributed by atoms with Crippen LogP contribution in [0.3, 0.4) is 0 Å². The number of rotatable bonds is 7. The smallest absolute Gasteiger partial charge is 0.387 e. The Kier molecular flexibility index (Phi) is 6.66. The maximum absolute atomic E-state index is 15.1. The zero-order valence-corrected chi connectivity index (χ0v) is 20.4. The topological polar surface area (TPSA) is 82.2 Å². The number of fused-ring (bicyclic) bond motifs is 3. The number of alkyl halides is 2. The lowest BCUT2D eigenvalue weighted by Gasteiger charge is -2.20. The fourth-order valence-electron chi connectivity index (χ4n) is 4.25. The predicted molar refractivity (Wildman–Crippen MR) is 130 cm³/mol. The van der Waals surface area contributed by atoms with Crippen molar-refractivity contribution in [2.45, 2.75) is 58.9 Å². The Morgan fingerprint density at radius 1 is 1.25 bits per heavy atom. The number of allylic oxidation sites excluding steroid dienone is 4. The van der Waals surface area contributed by atoms with Crippen LogP contribution in [-0.4, -0.2) is 31.0 Å². The minimum Gasteiger partial charge on any atom is -0.434 e. The van der Waals surface area contributed by atoms with Gasteiger partial charge >= 0.3 is 6.61 Å². The number of ether oxygens (including phenoxy) is 1. The standard InChI is InChI=1S/C26H27F3N4O3/c1-14(2)6-7-22(36-25(28)29)15(3)20-8-9-32-23(34)18-10-19(27)17(11-21(18)33(20)32)16-12-30-24(31-13-16)26(4,5)35/h6-7,10-13,20,25,35H,3,8-9H2,1-2,4-5H3/b22-7+/t20-/m0/s1. The maximum Gasteiger partial charge on any atom is 0.387 e. The van der Waals surface area contributed by atoms with Gasteiger partial charge in [-0.3, -0.25) is 9.48 Å². The van der Waals surface area contributed by atoms with Gasteiger partial charge in [0.2, 0.25) is 0 Å². The summed E-state index contributed by atoms with van der Waals surface area (Å²) in [6.45, 7) is 7.98. The Labute approximate surface area is 205 Å². The third-order valence-electron chi connectivity index (χ3n) is 5.98. The molecule has 2 aromatic heterocycles. The van der Waals surface area contributed by atoms with Crippen molar-refractivity contribution >= 4 is 10.9 Å². The highest BCUT2D eigenvalue weighted by molar-refractivity contribution is 5.85. The summed E-state index contributed by atoms with van der Waals surface area (Å²) < 4.78 is 49.2. The molecular weight excluding hydrogens is 473 g/mol. The summed E-state index contributed by atoms with van der Waals surface area (Å²) in [5.41, 5.74) is 0.446. The molecule has 0 radical (unpaired) electrons. The van der Waals surface area contributed by atoms with Crippen molar-refractivity contribution in [2.24, 2.45) is 0 Å². The van der Waals surface area contributed by atoms with Gasteiger partial charge in [0.25, 0.3) is 5.56 Å². The molecule has 1 aliphatic heterocycles. The summed E-state index contributed by atoms with van der Waals surface area (Å²) in [5, 5.41) is 10.3. The van der Waals surface area contributed by atoms with E-state index in [0.717, 1.165) is 11.6 Å². The van der Waals surface area contributed by atoms with Gasteiger partial charge in [-0.1, -0.05) is 18.2 Å². The molecule has 36 heavy (non-hydrogen) atoms. The maximum atomic E-state index is 15.1. The molecule has 7 nitrogen and oxygen atoms in total. The number of hydrogen-bond donors (Lipinski definition) is 1. The van der Waals surface area contributed by atoms with Crippen LogP contribution in [0.1, 0.15) is 46.0 Å². The van der Waals surface area contributed by atoms with E-state index in [4.69, 9.17) is 4.74 Å². The number of aromatic nitrogens is 4. The molecule has 3 aromatic rings. The van der Waals surface area contributed by atoms with Gasteiger partial charge in [-0.25, -0.2) is 19.0 Å². The van der Waals surface area contributed by atoms with Gasteiger partial charge in [0, 0.05) is 35.6 Å². The lowest BCUT2D eigenvalue weighted by atomic mass is 10.0. The van der Waals surface area contributed by atoms with Crippen molar-refractivity contribution in [3.63, 3.8) is 0 Å². The summed E-state index contributed by atoms with van der Waals surface area (Å²) in [6, 6.07) is 2.12.